The van der Waals surface area contributed by atoms with E-state index in [1.807, 2.05) is 62.4 Å². The average Bonchev–Trinajstić information content (AvgIpc) is 2.55. The molecule has 2 N–H and O–H groups in total. The highest BCUT2D eigenvalue weighted by Crippen LogP contribution is 2.14. The maximum atomic E-state index is 5.26. The van der Waals surface area contributed by atoms with Crippen molar-refractivity contribution in [2.45, 2.75) is 13.8 Å². The summed E-state index contributed by atoms with van der Waals surface area (Å²) < 4.78 is 5.21. The van der Waals surface area contributed by atoms with Crippen molar-refractivity contribution in [3.63, 3.8) is 0 Å². The molecule has 2 aromatic carbocycles. The van der Waals surface area contributed by atoms with Crippen LogP contribution in [0.2, 0.25) is 0 Å². The summed E-state index contributed by atoms with van der Waals surface area (Å²) in [5, 5.41) is 7.89. The van der Waals surface area contributed by atoms with Crippen molar-refractivity contribution in [2.24, 2.45) is 5.10 Å². The maximum absolute atomic E-state index is 5.26. The molecule has 0 saturated heterocycles. The zero-order chi connectivity index (χ0) is 15.9. The van der Waals surface area contributed by atoms with Gasteiger partial charge in [0, 0.05) is 11.3 Å². The molecule has 0 atom stereocenters. The Labute approximate surface area is 136 Å². The van der Waals surface area contributed by atoms with Crippen LogP contribution in [0.1, 0.15) is 18.1 Å². The van der Waals surface area contributed by atoms with E-state index in [0.29, 0.717) is 5.11 Å². The van der Waals surface area contributed by atoms with Crippen LogP contribution < -0.4 is 15.5 Å². The number of ether oxygens (including phenoxy) is 1. The summed E-state index contributed by atoms with van der Waals surface area (Å²) in [6.07, 6.45) is 0. The molecule has 4 nitrogen and oxygen atoms in total. The third-order valence-electron chi connectivity index (χ3n) is 3.21. The summed E-state index contributed by atoms with van der Waals surface area (Å²) in [4.78, 5) is 0. The van der Waals surface area contributed by atoms with Gasteiger partial charge in [0.25, 0.3) is 0 Å². The van der Waals surface area contributed by atoms with Crippen molar-refractivity contribution >= 4 is 28.7 Å². The quantitative estimate of drug-likeness (QED) is 0.513. The Morgan fingerprint density at radius 1 is 1.14 bits per heavy atom. The number of aryl methyl sites for hydroxylation is 1. The number of anilines is 1. The number of rotatable bonds is 4. The second kappa shape index (κ2) is 7.56. The van der Waals surface area contributed by atoms with Gasteiger partial charge in [0.1, 0.15) is 5.75 Å². The van der Waals surface area contributed by atoms with E-state index in [9.17, 15) is 0 Å². The Balaban J connectivity index is 2.01. The van der Waals surface area contributed by atoms with Gasteiger partial charge in [-0.1, -0.05) is 30.3 Å². The number of hydrazone groups is 1. The summed E-state index contributed by atoms with van der Waals surface area (Å²) in [7, 11) is 1.64. The number of hydrogen-bond acceptors (Lipinski definition) is 3. The number of thiocarbonyl (C=S) groups is 1. The fraction of sp³-hybridized carbons (Fsp3) is 0.176. The van der Waals surface area contributed by atoms with Crippen LogP contribution in [-0.2, 0) is 0 Å². The van der Waals surface area contributed by atoms with Gasteiger partial charge in [-0.05, 0) is 49.8 Å². The zero-order valence-corrected chi connectivity index (χ0v) is 13.7. The van der Waals surface area contributed by atoms with Gasteiger partial charge in [0.05, 0.1) is 12.8 Å². The SMILES string of the molecule is COc1cccc(/C(C)=N\NC(=S)Nc2ccccc2C)c1. The monoisotopic (exact) mass is 313 g/mol. The van der Waals surface area contributed by atoms with Crippen molar-refractivity contribution in [1.82, 2.24) is 5.43 Å². The van der Waals surface area contributed by atoms with Crippen LogP contribution in [-0.4, -0.2) is 17.9 Å². The molecule has 0 bridgehead atoms. The summed E-state index contributed by atoms with van der Waals surface area (Å²) in [6, 6.07) is 15.7. The van der Waals surface area contributed by atoms with E-state index in [1.54, 1.807) is 7.11 Å². The largest absolute Gasteiger partial charge is 0.497 e. The van der Waals surface area contributed by atoms with Gasteiger partial charge >= 0.3 is 0 Å². The van der Waals surface area contributed by atoms with Gasteiger partial charge in [-0.2, -0.15) is 5.10 Å². The highest BCUT2D eigenvalue weighted by molar-refractivity contribution is 7.80. The van der Waals surface area contributed by atoms with Crippen molar-refractivity contribution in [3.05, 3.63) is 59.7 Å². The lowest BCUT2D eigenvalue weighted by molar-refractivity contribution is 0.414. The van der Waals surface area contributed by atoms with E-state index >= 15 is 0 Å². The molecule has 5 heteroatoms. The molecule has 0 fully saturated rings. The molecular formula is C17H19N3OS. The Hall–Kier alpha value is -2.40. The van der Waals surface area contributed by atoms with Crippen LogP contribution >= 0.6 is 12.2 Å². The minimum Gasteiger partial charge on any atom is -0.497 e. The molecular weight excluding hydrogens is 294 g/mol. The van der Waals surface area contributed by atoms with E-state index in [-0.39, 0.29) is 0 Å². The first-order chi connectivity index (χ1) is 10.6. The third kappa shape index (κ3) is 4.30. The predicted molar refractivity (Wildman–Crippen MR) is 95.7 cm³/mol. The van der Waals surface area contributed by atoms with Gasteiger partial charge in [-0.3, -0.25) is 5.43 Å². The van der Waals surface area contributed by atoms with Crippen molar-refractivity contribution < 1.29 is 4.74 Å². The Morgan fingerprint density at radius 3 is 2.64 bits per heavy atom. The number of benzene rings is 2. The van der Waals surface area contributed by atoms with E-state index in [4.69, 9.17) is 17.0 Å². The van der Waals surface area contributed by atoms with E-state index in [0.717, 1.165) is 28.3 Å². The first-order valence-corrected chi connectivity index (χ1v) is 7.32. The van der Waals surface area contributed by atoms with Gasteiger partial charge in [0.15, 0.2) is 5.11 Å². The molecule has 0 radical (unpaired) electrons. The molecule has 114 valence electrons. The van der Waals surface area contributed by atoms with Crippen LogP contribution in [0, 0.1) is 6.92 Å². The number of nitrogens with zero attached hydrogens (tertiary/aromatic N) is 1. The molecule has 0 aliphatic heterocycles. The topological polar surface area (TPSA) is 45.6 Å². The molecule has 0 aliphatic rings. The molecule has 0 amide bonds. The lowest BCUT2D eigenvalue weighted by Gasteiger charge is -2.10. The van der Waals surface area contributed by atoms with E-state index in [2.05, 4.69) is 15.8 Å². The standard InChI is InChI=1S/C17H19N3OS/c1-12-7-4-5-10-16(12)18-17(22)20-19-13(2)14-8-6-9-15(11-14)21-3/h4-11H,1-3H3,(H2,18,20,22)/b19-13-. The lowest BCUT2D eigenvalue weighted by atomic mass is 10.1. The van der Waals surface area contributed by atoms with Gasteiger partial charge in [0.2, 0.25) is 0 Å². The van der Waals surface area contributed by atoms with Crippen LogP contribution in [0.5, 0.6) is 5.75 Å². The highest BCUT2D eigenvalue weighted by Gasteiger charge is 2.02. The van der Waals surface area contributed by atoms with E-state index in [1.165, 1.54) is 0 Å². The summed E-state index contributed by atoms with van der Waals surface area (Å²) >= 11 is 5.26. The summed E-state index contributed by atoms with van der Waals surface area (Å²) in [5.74, 6) is 0.799. The smallest absolute Gasteiger partial charge is 0.191 e. The first-order valence-electron chi connectivity index (χ1n) is 6.91. The van der Waals surface area contributed by atoms with Crippen LogP contribution in [0.25, 0.3) is 0 Å². The molecule has 0 aliphatic carbocycles. The Kier molecular flexibility index (Phi) is 5.49. The molecule has 22 heavy (non-hydrogen) atoms. The summed E-state index contributed by atoms with van der Waals surface area (Å²) in [6.45, 7) is 3.94. The zero-order valence-electron chi connectivity index (χ0n) is 12.9. The Bertz CT molecular complexity index is 698. The van der Waals surface area contributed by atoms with Crippen LogP contribution in [0.3, 0.4) is 0 Å². The number of hydrogen-bond donors (Lipinski definition) is 2. The highest BCUT2D eigenvalue weighted by atomic mass is 32.1. The molecule has 0 unspecified atom stereocenters. The minimum atomic E-state index is 0.455. The summed E-state index contributed by atoms with van der Waals surface area (Å²) in [5.41, 5.74) is 6.76. The fourth-order valence-corrected chi connectivity index (χ4v) is 2.07. The average molecular weight is 313 g/mol. The second-order valence-electron chi connectivity index (χ2n) is 4.81. The molecule has 0 saturated carbocycles. The number of methoxy groups -OCH3 is 1. The fourth-order valence-electron chi connectivity index (χ4n) is 1.91. The normalized spacial score (nSPS) is 11.0. The Morgan fingerprint density at radius 2 is 1.91 bits per heavy atom. The molecule has 2 rings (SSSR count). The van der Waals surface area contributed by atoms with Gasteiger partial charge in [-0.25, -0.2) is 0 Å². The third-order valence-corrected chi connectivity index (χ3v) is 3.40. The molecule has 0 heterocycles. The lowest BCUT2D eigenvalue weighted by Crippen LogP contribution is -2.25. The van der Waals surface area contributed by atoms with Crippen molar-refractivity contribution in [1.29, 1.82) is 0 Å². The van der Waals surface area contributed by atoms with Crippen molar-refractivity contribution in [2.75, 3.05) is 12.4 Å². The number of nitrogens with one attached hydrogen (secondary N) is 2. The molecule has 0 spiro atoms. The maximum Gasteiger partial charge on any atom is 0.191 e. The van der Waals surface area contributed by atoms with Crippen LogP contribution in [0.4, 0.5) is 5.69 Å². The van der Waals surface area contributed by atoms with Gasteiger partial charge < -0.3 is 10.1 Å². The number of para-hydroxylation sites is 1. The van der Waals surface area contributed by atoms with Crippen LogP contribution in [0.15, 0.2) is 53.6 Å². The molecule has 0 aromatic heterocycles. The first kappa shape index (κ1) is 16.0. The second-order valence-corrected chi connectivity index (χ2v) is 5.22. The molecule has 2 aromatic rings. The van der Waals surface area contributed by atoms with Crippen molar-refractivity contribution in [3.8, 4) is 5.75 Å². The predicted octanol–water partition coefficient (Wildman–Crippen LogP) is 3.71. The van der Waals surface area contributed by atoms with Gasteiger partial charge in [-0.15, -0.1) is 0 Å². The minimum absolute atomic E-state index is 0.455. The van der Waals surface area contributed by atoms with E-state index < -0.39 is 0 Å².